The van der Waals surface area contributed by atoms with Gasteiger partial charge < -0.3 is 9.30 Å². The van der Waals surface area contributed by atoms with Gasteiger partial charge in [0.15, 0.2) is 4.80 Å². The van der Waals surface area contributed by atoms with E-state index >= 15 is 0 Å². The van der Waals surface area contributed by atoms with Gasteiger partial charge in [0, 0.05) is 4.88 Å². The molecule has 0 fully saturated rings. The van der Waals surface area contributed by atoms with Gasteiger partial charge in [0.2, 0.25) is 0 Å². The molecule has 2 heterocycles. The molecule has 0 aliphatic carbocycles. The number of aromatic nitrogens is 1. The minimum atomic E-state index is -0.449. The summed E-state index contributed by atoms with van der Waals surface area (Å²) in [4.78, 5) is 29.4. The van der Waals surface area contributed by atoms with Gasteiger partial charge in [0.05, 0.1) is 27.6 Å². The highest BCUT2D eigenvalue weighted by Gasteiger charge is 2.13. The van der Waals surface area contributed by atoms with Gasteiger partial charge in [-0.15, -0.1) is 11.3 Å². The normalized spacial score (nSPS) is 11.9. The number of ether oxygens (including phenoxy) is 1. The minimum absolute atomic E-state index is 0.101. The second-order valence-corrected chi connectivity index (χ2v) is 8.08. The van der Waals surface area contributed by atoms with Crippen molar-refractivity contribution in [3.8, 4) is 0 Å². The Morgan fingerprint density at radius 3 is 2.77 bits per heavy atom. The summed E-state index contributed by atoms with van der Waals surface area (Å²) in [6.45, 7) is 1.86. The number of carbonyl (C=O) groups excluding carboxylic acids is 2. The lowest BCUT2D eigenvalue weighted by atomic mass is 10.3. The molecular weight excluding hydrogens is 399 g/mol. The number of esters is 1. The lowest BCUT2D eigenvalue weighted by Gasteiger charge is -2.05. The quantitative estimate of drug-likeness (QED) is 0.599. The zero-order valence-corrected chi connectivity index (χ0v) is 16.1. The van der Waals surface area contributed by atoms with Crippen molar-refractivity contribution in [2.75, 3.05) is 6.61 Å². The van der Waals surface area contributed by atoms with Crippen LogP contribution in [0.3, 0.4) is 0 Å². The Balaban J connectivity index is 1.99. The van der Waals surface area contributed by atoms with Crippen LogP contribution in [0.4, 0.5) is 4.39 Å². The molecule has 26 heavy (non-hydrogen) atoms. The van der Waals surface area contributed by atoms with E-state index < -0.39 is 11.8 Å². The molecule has 3 aromatic rings. The van der Waals surface area contributed by atoms with E-state index in [4.69, 9.17) is 16.3 Å². The van der Waals surface area contributed by atoms with Gasteiger partial charge >= 0.3 is 5.97 Å². The SMILES string of the molecule is CCOC(=O)Cn1c(=NC(=O)Cc2ccc(Cl)s2)sc2cc(F)ccc21. The van der Waals surface area contributed by atoms with Crippen LogP contribution in [0.2, 0.25) is 4.34 Å². The number of amides is 1. The molecule has 1 aromatic carbocycles. The summed E-state index contributed by atoms with van der Waals surface area (Å²) >= 11 is 8.33. The van der Waals surface area contributed by atoms with Gasteiger partial charge in [-0.1, -0.05) is 22.9 Å². The van der Waals surface area contributed by atoms with Crippen molar-refractivity contribution in [1.82, 2.24) is 4.57 Å². The van der Waals surface area contributed by atoms with Crippen molar-refractivity contribution in [3.05, 3.63) is 50.2 Å². The van der Waals surface area contributed by atoms with Crippen LogP contribution in [0.1, 0.15) is 11.8 Å². The summed E-state index contributed by atoms with van der Waals surface area (Å²) in [6.07, 6.45) is 0.111. The van der Waals surface area contributed by atoms with E-state index in [1.54, 1.807) is 29.7 Å². The molecule has 0 aliphatic heterocycles. The van der Waals surface area contributed by atoms with Crippen LogP contribution in [0, 0.1) is 5.82 Å². The third-order valence-electron chi connectivity index (χ3n) is 3.41. The molecule has 0 N–H and O–H groups in total. The Labute approximate surface area is 161 Å². The van der Waals surface area contributed by atoms with Crippen LogP contribution >= 0.6 is 34.3 Å². The molecule has 0 saturated heterocycles. The van der Waals surface area contributed by atoms with E-state index in [0.717, 1.165) is 16.2 Å². The predicted molar refractivity (Wildman–Crippen MR) is 100 cm³/mol. The Hall–Kier alpha value is -2.03. The third-order valence-corrected chi connectivity index (χ3v) is 5.68. The van der Waals surface area contributed by atoms with Crippen molar-refractivity contribution < 1.29 is 18.7 Å². The maximum absolute atomic E-state index is 13.5. The first-order valence-electron chi connectivity index (χ1n) is 7.72. The molecule has 0 bridgehead atoms. The summed E-state index contributed by atoms with van der Waals surface area (Å²) in [5.41, 5.74) is 0.621. The number of nitrogens with zero attached hydrogens (tertiary/aromatic N) is 2. The first-order valence-corrected chi connectivity index (χ1v) is 9.73. The predicted octanol–water partition coefficient (Wildman–Crippen LogP) is 3.79. The van der Waals surface area contributed by atoms with Crippen molar-refractivity contribution in [2.45, 2.75) is 19.9 Å². The van der Waals surface area contributed by atoms with Gasteiger partial charge in [0.1, 0.15) is 12.4 Å². The van der Waals surface area contributed by atoms with E-state index in [-0.39, 0.29) is 25.5 Å². The Morgan fingerprint density at radius 1 is 1.27 bits per heavy atom. The Kier molecular flexibility index (Phi) is 5.85. The highest BCUT2D eigenvalue weighted by Crippen LogP contribution is 2.22. The average Bonchev–Trinajstić information content (AvgIpc) is 3.11. The zero-order valence-electron chi connectivity index (χ0n) is 13.7. The molecule has 9 heteroatoms. The summed E-state index contributed by atoms with van der Waals surface area (Å²) in [6, 6.07) is 7.70. The molecule has 0 unspecified atom stereocenters. The number of benzene rings is 1. The van der Waals surface area contributed by atoms with Crippen LogP contribution in [-0.4, -0.2) is 23.1 Å². The van der Waals surface area contributed by atoms with Crippen molar-refractivity contribution in [3.63, 3.8) is 0 Å². The maximum Gasteiger partial charge on any atom is 0.326 e. The largest absolute Gasteiger partial charge is 0.465 e. The van der Waals surface area contributed by atoms with Crippen molar-refractivity contribution in [1.29, 1.82) is 0 Å². The monoisotopic (exact) mass is 412 g/mol. The number of rotatable bonds is 5. The Morgan fingerprint density at radius 2 is 2.08 bits per heavy atom. The molecule has 0 aliphatic rings. The smallest absolute Gasteiger partial charge is 0.326 e. The first kappa shape index (κ1) is 18.8. The van der Waals surface area contributed by atoms with Crippen LogP contribution < -0.4 is 4.80 Å². The number of halogens is 2. The highest BCUT2D eigenvalue weighted by molar-refractivity contribution is 7.16. The second-order valence-electron chi connectivity index (χ2n) is 5.28. The van der Waals surface area contributed by atoms with Gasteiger partial charge in [-0.3, -0.25) is 9.59 Å². The molecule has 0 atom stereocenters. The summed E-state index contributed by atoms with van der Waals surface area (Å²) in [5.74, 6) is -1.21. The molecule has 1 amide bonds. The molecule has 0 saturated carbocycles. The minimum Gasteiger partial charge on any atom is -0.465 e. The molecular formula is C17H14ClFN2O3S2. The maximum atomic E-state index is 13.5. The molecule has 3 rings (SSSR count). The molecule has 2 aromatic heterocycles. The molecule has 5 nitrogen and oxygen atoms in total. The summed E-state index contributed by atoms with van der Waals surface area (Å²) in [5, 5.41) is 0. The van der Waals surface area contributed by atoms with Gasteiger partial charge in [-0.05, 0) is 37.3 Å². The summed E-state index contributed by atoms with van der Waals surface area (Å²) < 4.78 is 21.3. The number of hydrogen-bond acceptors (Lipinski definition) is 5. The summed E-state index contributed by atoms with van der Waals surface area (Å²) in [7, 11) is 0. The van der Waals surface area contributed by atoms with E-state index in [1.807, 2.05) is 0 Å². The van der Waals surface area contributed by atoms with E-state index in [9.17, 15) is 14.0 Å². The molecule has 136 valence electrons. The van der Waals surface area contributed by atoms with Crippen LogP contribution in [0.15, 0.2) is 35.3 Å². The molecule has 0 spiro atoms. The molecule has 0 radical (unpaired) electrons. The number of thiazole rings is 1. The van der Waals surface area contributed by atoms with Crippen molar-refractivity contribution >= 4 is 56.4 Å². The third kappa shape index (κ3) is 4.38. The topological polar surface area (TPSA) is 60.7 Å². The van der Waals surface area contributed by atoms with E-state index in [0.29, 0.717) is 19.4 Å². The van der Waals surface area contributed by atoms with E-state index in [1.165, 1.54) is 23.5 Å². The fourth-order valence-electron chi connectivity index (χ4n) is 2.36. The number of hydrogen-bond donors (Lipinski definition) is 0. The van der Waals surface area contributed by atoms with Gasteiger partial charge in [-0.25, -0.2) is 4.39 Å². The van der Waals surface area contributed by atoms with E-state index in [2.05, 4.69) is 4.99 Å². The van der Waals surface area contributed by atoms with Crippen LogP contribution in [0.5, 0.6) is 0 Å². The lowest BCUT2D eigenvalue weighted by molar-refractivity contribution is -0.143. The van der Waals surface area contributed by atoms with Crippen LogP contribution in [-0.2, 0) is 27.3 Å². The number of thiophene rings is 1. The van der Waals surface area contributed by atoms with Gasteiger partial charge in [0.25, 0.3) is 5.91 Å². The average molecular weight is 413 g/mol. The zero-order chi connectivity index (χ0) is 18.7. The highest BCUT2D eigenvalue weighted by atomic mass is 35.5. The van der Waals surface area contributed by atoms with Crippen LogP contribution in [0.25, 0.3) is 10.2 Å². The fourth-order valence-corrected chi connectivity index (χ4v) is 4.51. The number of fused-ring (bicyclic) bond motifs is 1. The van der Waals surface area contributed by atoms with Crippen molar-refractivity contribution in [2.24, 2.45) is 4.99 Å². The second kappa shape index (κ2) is 8.11. The Bertz CT molecular complexity index is 1040. The fraction of sp³-hybridized carbons (Fsp3) is 0.235. The first-order chi connectivity index (χ1) is 12.5. The van der Waals surface area contributed by atoms with Gasteiger partial charge in [-0.2, -0.15) is 4.99 Å². The lowest BCUT2D eigenvalue weighted by Crippen LogP contribution is -2.23. The standard InChI is InChI=1S/C17H14ClFN2O3S2/c1-2-24-16(23)9-21-12-5-3-10(19)7-13(12)26-17(21)20-15(22)8-11-4-6-14(18)25-11/h3-7H,2,8-9H2,1H3. The number of carbonyl (C=O) groups is 2.